The molecule has 1 aromatic heterocycles. The van der Waals surface area contributed by atoms with Crippen molar-refractivity contribution in [1.29, 1.82) is 0 Å². The molecular formula is C18H23N5O2. The highest BCUT2D eigenvalue weighted by atomic mass is 16.2. The molecule has 1 N–H and O–H groups in total. The van der Waals surface area contributed by atoms with E-state index in [2.05, 4.69) is 15.3 Å². The number of carbonyl (C=O) groups excluding carboxylic acids is 2. The molecule has 0 bridgehead atoms. The molecule has 2 heterocycles. The lowest BCUT2D eigenvalue weighted by Gasteiger charge is -2.23. The quantitative estimate of drug-likeness (QED) is 0.926. The first kappa shape index (κ1) is 17.2. The third-order valence-corrected chi connectivity index (χ3v) is 4.27. The van der Waals surface area contributed by atoms with Crippen LogP contribution < -0.4 is 10.2 Å². The van der Waals surface area contributed by atoms with Crippen LogP contribution in [0.3, 0.4) is 0 Å². The van der Waals surface area contributed by atoms with Gasteiger partial charge in [-0.3, -0.25) is 19.2 Å². The highest BCUT2D eigenvalue weighted by Crippen LogP contribution is 2.39. The molecule has 7 heteroatoms. The van der Waals surface area contributed by atoms with Gasteiger partial charge in [0.1, 0.15) is 5.69 Å². The largest absolute Gasteiger partial charge is 0.319 e. The summed E-state index contributed by atoms with van der Waals surface area (Å²) in [6.07, 6.45) is 1.15. The Hall–Kier alpha value is -2.67. The van der Waals surface area contributed by atoms with Crippen LogP contribution in [0.15, 0.2) is 24.3 Å². The SMILES string of the molecule is Cc1nn(C)c2c1N(C(=O)CCCN(C)C)c1ccccc1NC2=O. The Bertz CT molecular complexity index is 825. The number of benzene rings is 1. The Morgan fingerprint density at radius 1 is 1.28 bits per heavy atom. The van der Waals surface area contributed by atoms with E-state index < -0.39 is 0 Å². The molecule has 0 unspecified atom stereocenters. The van der Waals surface area contributed by atoms with Crippen LogP contribution in [0.1, 0.15) is 29.0 Å². The number of aromatic nitrogens is 2. The maximum Gasteiger partial charge on any atom is 0.276 e. The average Bonchev–Trinajstić information content (AvgIpc) is 2.75. The van der Waals surface area contributed by atoms with Crippen LogP contribution in [0.4, 0.5) is 17.1 Å². The van der Waals surface area contributed by atoms with Crippen molar-refractivity contribution in [2.45, 2.75) is 19.8 Å². The highest BCUT2D eigenvalue weighted by Gasteiger charge is 2.33. The lowest BCUT2D eigenvalue weighted by molar-refractivity contribution is -0.118. The second kappa shape index (κ2) is 6.68. The molecule has 3 rings (SSSR count). The van der Waals surface area contributed by atoms with Gasteiger partial charge in [-0.15, -0.1) is 0 Å². The average molecular weight is 341 g/mol. The molecule has 7 nitrogen and oxygen atoms in total. The van der Waals surface area contributed by atoms with Crippen LogP contribution >= 0.6 is 0 Å². The van der Waals surface area contributed by atoms with Gasteiger partial charge < -0.3 is 10.2 Å². The molecule has 0 saturated carbocycles. The Morgan fingerprint density at radius 2 is 2.00 bits per heavy atom. The van der Waals surface area contributed by atoms with E-state index in [-0.39, 0.29) is 11.8 Å². The molecule has 0 radical (unpaired) electrons. The predicted octanol–water partition coefficient (Wildman–Crippen LogP) is 2.30. The summed E-state index contributed by atoms with van der Waals surface area (Å²) in [6.45, 7) is 2.65. The molecular weight excluding hydrogens is 318 g/mol. The van der Waals surface area contributed by atoms with Crippen LogP contribution in [0.25, 0.3) is 0 Å². The Kier molecular flexibility index (Phi) is 4.59. The lowest BCUT2D eigenvalue weighted by atomic mass is 10.1. The van der Waals surface area contributed by atoms with Gasteiger partial charge >= 0.3 is 0 Å². The van der Waals surface area contributed by atoms with Crippen molar-refractivity contribution in [2.75, 3.05) is 30.9 Å². The fraction of sp³-hybridized carbons (Fsp3) is 0.389. The van der Waals surface area contributed by atoms with Gasteiger partial charge in [0.05, 0.1) is 17.1 Å². The molecule has 0 saturated heterocycles. The van der Waals surface area contributed by atoms with Crippen LogP contribution in [-0.4, -0.2) is 47.1 Å². The molecule has 1 aromatic carbocycles. The van der Waals surface area contributed by atoms with E-state index in [0.717, 1.165) is 13.0 Å². The molecule has 25 heavy (non-hydrogen) atoms. The molecule has 1 aliphatic rings. The molecule has 0 fully saturated rings. The summed E-state index contributed by atoms with van der Waals surface area (Å²) in [5, 5.41) is 7.24. The first-order chi connectivity index (χ1) is 11.9. The summed E-state index contributed by atoms with van der Waals surface area (Å²) in [6, 6.07) is 7.36. The summed E-state index contributed by atoms with van der Waals surface area (Å²) in [5.74, 6) is -0.294. The van der Waals surface area contributed by atoms with Crippen LogP contribution in [0.5, 0.6) is 0 Å². The Labute approximate surface area is 147 Å². The maximum absolute atomic E-state index is 13.1. The van der Waals surface area contributed by atoms with Crippen LogP contribution in [-0.2, 0) is 11.8 Å². The van der Waals surface area contributed by atoms with E-state index in [4.69, 9.17) is 0 Å². The Morgan fingerprint density at radius 3 is 2.72 bits per heavy atom. The van der Waals surface area contributed by atoms with Gasteiger partial charge in [0.25, 0.3) is 5.91 Å². The predicted molar refractivity (Wildman–Crippen MR) is 97.3 cm³/mol. The molecule has 132 valence electrons. The zero-order valence-corrected chi connectivity index (χ0v) is 15.0. The number of amides is 2. The van der Waals surface area contributed by atoms with Crippen molar-refractivity contribution < 1.29 is 9.59 Å². The van der Waals surface area contributed by atoms with E-state index in [0.29, 0.717) is 34.9 Å². The standard InChI is InChI=1S/C18H23N5O2/c1-12-16-17(22(4)20-12)18(25)19-13-8-5-6-9-14(13)23(16)15(24)10-7-11-21(2)3/h5-6,8-9H,7,10-11H2,1-4H3,(H,19,25). The normalized spacial score (nSPS) is 13.3. The fourth-order valence-electron chi connectivity index (χ4n) is 3.16. The summed E-state index contributed by atoms with van der Waals surface area (Å²) in [4.78, 5) is 29.4. The first-order valence-corrected chi connectivity index (χ1v) is 8.32. The molecule has 0 atom stereocenters. The smallest absolute Gasteiger partial charge is 0.276 e. The molecule has 2 aromatic rings. The topological polar surface area (TPSA) is 70.5 Å². The number of rotatable bonds is 4. The molecule has 1 aliphatic heterocycles. The minimum atomic E-state index is -0.255. The van der Waals surface area contributed by atoms with Gasteiger partial charge in [-0.2, -0.15) is 5.10 Å². The summed E-state index contributed by atoms with van der Waals surface area (Å²) in [7, 11) is 5.69. The summed E-state index contributed by atoms with van der Waals surface area (Å²) in [5.41, 5.74) is 2.93. The zero-order chi connectivity index (χ0) is 18.1. The maximum atomic E-state index is 13.1. The van der Waals surface area contributed by atoms with Gasteiger partial charge in [-0.05, 0) is 46.1 Å². The van der Waals surface area contributed by atoms with E-state index in [1.54, 1.807) is 11.9 Å². The van der Waals surface area contributed by atoms with Crippen molar-refractivity contribution >= 4 is 28.9 Å². The number of nitrogens with one attached hydrogen (secondary N) is 1. The van der Waals surface area contributed by atoms with E-state index in [9.17, 15) is 9.59 Å². The van der Waals surface area contributed by atoms with Gasteiger partial charge in [0.15, 0.2) is 5.69 Å². The number of para-hydroxylation sites is 2. The summed E-state index contributed by atoms with van der Waals surface area (Å²) >= 11 is 0. The van der Waals surface area contributed by atoms with Gasteiger partial charge in [-0.1, -0.05) is 12.1 Å². The lowest BCUT2D eigenvalue weighted by Crippen LogP contribution is -2.27. The minimum Gasteiger partial charge on any atom is -0.319 e. The van der Waals surface area contributed by atoms with Gasteiger partial charge in [0, 0.05) is 13.5 Å². The number of anilines is 3. The number of hydrogen-bond donors (Lipinski definition) is 1. The van der Waals surface area contributed by atoms with E-state index in [1.807, 2.05) is 45.3 Å². The third-order valence-electron chi connectivity index (χ3n) is 4.27. The van der Waals surface area contributed by atoms with Gasteiger partial charge in [-0.25, -0.2) is 0 Å². The molecule has 0 aliphatic carbocycles. The monoisotopic (exact) mass is 341 g/mol. The first-order valence-electron chi connectivity index (χ1n) is 8.32. The van der Waals surface area contributed by atoms with Crippen molar-refractivity contribution in [1.82, 2.24) is 14.7 Å². The number of hydrogen-bond acceptors (Lipinski definition) is 4. The van der Waals surface area contributed by atoms with Crippen molar-refractivity contribution in [3.63, 3.8) is 0 Å². The van der Waals surface area contributed by atoms with E-state index >= 15 is 0 Å². The van der Waals surface area contributed by atoms with Crippen molar-refractivity contribution in [2.24, 2.45) is 7.05 Å². The third kappa shape index (κ3) is 3.15. The van der Waals surface area contributed by atoms with Crippen LogP contribution in [0.2, 0.25) is 0 Å². The summed E-state index contributed by atoms with van der Waals surface area (Å²) < 4.78 is 1.53. The number of aryl methyl sites for hydroxylation is 2. The minimum absolute atomic E-state index is 0.0388. The van der Waals surface area contributed by atoms with Crippen LogP contribution in [0, 0.1) is 6.92 Å². The van der Waals surface area contributed by atoms with E-state index in [1.165, 1.54) is 4.68 Å². The zero-order valence-electron chi connectivity index (χ0n) is 15.0. The highest BCUT2D eigenvalue weighted by molar-refractivity contribution is 6.17. The number of nitrogens with zero attached hydrogens (tertiary/aromatic N) is 4. The van der Waals surface area contributed by atoms with Crippen molar-refractivity contribution in [3.05, 3.63) is 35.7 Å². The van der Waals surface area contributed by atoms with Crippen molar-refractivity contribution in [3.8, 4) is 0 Å². The Balaban J connectivity index is 2.08. The second-order valence-corrected chi connectivity index (χ2v) is 6.51. The van der Waals surface area contributed by atoms with Gasteiger partial charge in [0.2, 0.25) is 5.91 Å². The number of fused-ring (bicyclic) bond motifs is 2. The number of carbonyl (C=O) groups is 2. The molecule has 2 amide bonds. The fourth-order valence-corrected chi connectivity index (χ4v) is 3.16. The second-order valence-electron chi connectivity index (χ2n) is 6.51. The molecule has 0 spiro atoms.